The van der Waals surface area contributed by atoms with Crippen molar-refractivity contribution in [3.8, 4) is 22.8 Å². The van der Waals surface area contributed by atoms with Gasteiger partial charge >= 0.3 is 0 Å². The third-order valence-corrected chi connectivity index (χ3v) is 5.61. The lowest BCUT2D eigenvalue weighted by atomic mass is 10.1. The van der Waals surface area contributed by atoms with E-state index in [9.17, 15) is 0 Å². The molecule has 0 amide bonds. The molecule has 3 aromatic rings. The van der Waals surface area contributed by atoms with Gasteiger partial charge in [-0.15, -0.1) is 0 Å². The molecule has 0 atom stereocenters. The number of benzene rings is 1. The molecule has 1 aromatic carbocycles. The van der Waals surface area contributed by atoms with Crippen molar-refractivity contribution in [1.82, 2.24) is 20.3 Å². The van der Waals surface area contributed by atoms with E-state index in [1.165, 1.54) is 14.2 Å². The zero-order valence-corrected chi connectivity index (χ0v) is 20.1. The Labute approximate surface area is 197 Å². The first kappa shape index (κ1) is 24.1. The third-order valence-electron chi connectivity index (χ3n) is 4.86. The average Bonchev–Trinajstić information content (AvgIpc) is 2.76. The Kier molecular flexibility index (Phi) is 8.17. The summed E-state index contributed by atoms with van der Waals surface area (Å²) in [6.07, 6.45) is 3.65. The van der Waals surface area contributed by atoms with Gasteiger partial charge in [-0.2, -0.15) is 0 Å². The Balaban J connectivity index is 2.00. The van der Waals surface area contributed by atoms with E-state index in [-0.39, 0.29) is 5.95 Å². The lowest BCUT2D eigenvalue weighted by Crippen LogP contribution is -2.24. The van der Waals surface area contributed by atoms with Gasteiger partial charge in [-0.3, -0.25) is 0 Å². The van der Waals surface area contributed by atoms with Crippen molar-refractivity contribution in [3.63, 3.8) is 0 Å². The minimum absolute atomic E-state index is 0.176. The van der Waals surface area contributed by atoms with Crippen molar-refractivity contribution in [2.45, 2.75) is 32.7 Å². The molecule has 2 aromatic heterocycles. The van der Waals surface area contributed by atoms with E-state index in [0.29, 0.717) is 50.2 Å². The number of rotatable bonds is 10. The largest absolute Gasteiger partial charge is 0.495 e. The molecule has 0 aliphatic heterocycles. The van der Waals surface area contributed by atoms with Crippen LogP contribution in [-0.2, 0) is 0 Å². The molecule has 172 valence electrons. The van der Waals surface area contributed by atoms with Crippen LogP contribution >= 0.6 is 23.2 Å². The molecular formula is C22H28Cl2N6O2. The van der Waals surface area contributed by atoms with Gasteiger partial charge in [-0.1, -0.05) is 37.0 Å². The highest BCUT2D eigenvalue weighted by atomic mass is 35.5. The van der Waals surface area contributed by atoms with E-state index in [0.717, 1.165) is 31.3 Å². The van der Waals surface area contributed by atoms with Crippen molar-refractivity contribution in [2.24, 2.45) is 0 Å². The number of anilines is 2. The van der Waals surface area contributed by atoms with Gasteiger partial charge in [0.25, 0.3) is 0 Å². The molecule has 0 spiro atoms. The summed E-state index contributed by atoms with van der Waals surface area (Å²) in [6, 6.07) is 3.93. The van der Waals surface area contributed by atoms with Crippen LogP contribution in [0, 0.1) is 0 Å². The summed E-state index contributed by atoms with van der Waals surface area (Å²) >= 11 is 13.2. The first-order valence-corrected chi connectivity index (χ1v) is 11.1. The van der Waals surface area contributed by atoms with E-state index in [2.05, 4.69) is 34.4 Å². The number of nitrogens with zero attached hydrogens (tertiary/aromatic N) is 3. The molecule has 3 rings (SSSR count). The molecule has 0 bridgehead atoms. The van der Waals surface area contributed by atoms with Gasteiger partial charge in [0.05, 0.1) is 30.0 Å². The highest BCUT2D eigenvalue weighted by Crippen LogP contribution is 2.46. The number of unbranched alkanes of at least 4 members (excludes halogenated alkanes) is 1. The van der Waals surface area contributed by atoms with Crippen LogP contribution in [0.5, 0.6) is 11.5 Å². The Morgan fingerprint density at radius 2 is 1.66 bits per heavy atom. The van der Waals surface area contributed by atoms with E-state index in [4.69, 9.17) is 43.4 Å². The van der Waals surface area contributed by atoms with Crippen LogP contribution in [0.1, 0.15) is 26.7 Å². The van der Waals surface area contributed by atoms with Crippen LogP contribution < -0.4 is 25.8 Å². The highest BCUT2D eigenvalue weighted by molar-refractivity contribution is 6.41. The van der Waals surface area contributed by atoms with Crippen LogP contribution in [-0.4, -0.2) is 48.3 Å². The molecule has 0 aliphatic rings. The van der Waals surface area contributed by atoms with Crippen molar-refractivity contribution >= 4 is 45.9 Å². The molecule has 0 saturated heterocycles. The van der Waals surface area contributed by atoms with Gasteiger partial charge in [0, 0.05) is 35.8 Å². The highest BCUT2D eigenvalue weighted by Gasteiger charge is 2.21. The van der Waals surface area contributed by atoms with E-state index in [1.54, 1.807) is 12.3 Å². The molecule has 2 heterocycles. The van der Waals surface area contributed by atoms with Crippen molar-refractivity contribution in [3.05, 3.63) is 28.4 Å². The number of aromatic nitrogens is 3. The zero-order chi connectivity index (χ0) is 23.3. The lowest BCUT2D eigenvalue weighted by molar-refractivity contribution is 0.395. The quantitative estimate of drug-likeness (QED) is 0.357. The number of nitrogen functional groups attached to an aromatic ring is 1. The SMILES string of the molecule is COc1cc(OC)c(Cl)c(-c2cc3cnc(N)nc3c(NCCCCNC(C)C)n2)c1Cl. The topological polar surface area (TPSA) is 107 Å². The Morgan fingerprint density at radius 3 is 2.28 bits per heavy atom. The Bertz CT molecular complexity index is 1070. The van der Waals surface area contributed by atoms with E-state index >= 15 is 0 Å². The number of hydrogen-bond acceptors (Lipinski definition) is 8. The molecule has 4 N–H and O–H groups in total. The number of fused-ring (bicyclic) bond motifs is 1. The van der Waals surface area contributed by atoms with Gasteiger partial charge in [-0.05, 0) is 25.5 Å². The van der Waals surface area contributed by atoms with Crippen molar-refractivity contribution in [2.75, 3.05) is 38.4 Å². The summed E-state index contributed by atoms with van der Waals surface area (Å²) in [5.74, 6) is 1.63. The van der Waals surface area contributed by atoms with Crippen LogP contribution in [0.15, 0.2) is 18.3 Å². The monoisotopic (exact) mass is 478 g/mol. The third kappa shape index (κ3) is 5.43. The number of pyridine rings is 1. The second-order valence-electron chi connectivity index (χ2n) is 7.55. The maximum absolute atomic E-state index is 6.61. The maximum Gasteiger partial charge on any atom is 0.220 e. The molecule has 0 radical (unpaired) electrons. The fourth-order valence-electron chi connectivity index (χ4n) is 3.26. The van der Waals surface area contributed by atoms with E-state index in [1.807, 2.05) is 6.07 Å². The van der Waals surface area contributed by atoms with Gasteiger partial charge in [0.1, 0.15) is 17.0 Å². The zero-order valence-electron chi connectivity index (χ0n) is 18.6. The molecule has 10 heteroatoms. The maximum atomic E-state index is 6.61. The smallest absolute Gasteiger partial charge is 0.220 e. The molecule has 0 aliphatic carbocycles. The minimum Gasteiger partial charge on any atom is -0.495 e. The Hall–Kier alpha value is -2.55. The average molecular weight is 479 g/mol. The number of methoxy groups -OCH3 is 2. The molecule has 32 heavy (non-hydrogen) atoms. The molecule has 0 fully saturated rings. The van der Waals surface area contributed by atoms with Crippen LogP contribution in [0.25, 0.3) is 22.2 Å². The molecule has 8 nitrogen and oxygen atoms in total. The van der Waals surface area contributed by atoms with Gasteiger partial charge in [-0.25, -0.2) is 15.0 Å². The first-order chi connectivity index (χ1) is 15.3. The predicted octanol–water partition coefficient (Wildman–Crippen LogP) is 4.79. The summed E-state index contributed by atoms with van der Waals surface area (Å²) < 4.78 is 10.8. The normalized spacial score (nSPS) is 11.2. The fraction of sp³-hybridized carbons (Fsp3) is 0.409. The fourth-order valence-corrected chi connectivity index (χ4v) is 3.96. The van der Waals surface area contributed by atoms with Crippen LogP contribution in [0.2, 0.25) is 10.0 Å². The second-order valence-corrected chi connectivity index (χ2v) is 8.30. The van der Waals surface area contributed by atoms with Crippen LogP contribution in [0.3, 0.4) is 0 Å². The van der Waals surface area contributed by atoms with Gasteiger partial charge in [0.15, 0.2) is 5.82 Å². The molecule has 0 unspecified atom stereocenters. The summed E-state index contributed by atoms with van der Waals surface area (Å²) in [4.78, 5) is 13.3. The van der Waals surface area contributed by atoms with Crippen molar-refractivity contribution < 1.29 is 9.47 Å². The predicted molar refractivity (Wildman–Crippen MR) is 131 cm³/mol. The molecular weight excluding hydrogens is 451 g/mol. The second kappa shape index (κ2) is 10.8. The van der Waals surface area contributed by atoms with Crippen molar-refractivity contribution in [1.29, 1.82) is 0 Å². The summed E-state index contributed by atoms with van der Waals surface area (Å²) in [6.45, 7) is 5.94. The summed E-state index contributed by atoms with van der Waals surface area (Å²) in [5, 5.41) is 8.22. The number of nitrogens with one attached hydrogen (secondary N) is 2. The molecule has 0 saturated carbocycles. The van der Waals surface area contributed by atoms with Gasteiger partial charge in [0.2, 0.25) is 5.95 Å². The number of hydrogen-bond donors (Lipinski definition) is 3. The minimum atomic E-state index is 0.176. The van der Waals surface area contributed by atoms with E-state index < -0.39 is 0 Å². The number of halogens is 2. The first-order valence-electron chi connectivity index (χ1n) is 10.4. The van der Waals surface area contributed by atoms with Crippen LogP contribution in [0.4, 0.5) is 11.8 Å². The van der Waals surface area contributed by atoms with Gasteiger partial charge < -0.3 is 25.8 Å². The Morgan fingerprint density at radius 1 is 1.00 bits per heavy atom. The summed E-state index contributed by atoms with van der Waals surface area (Å²) in [7, 11) is 3.06. The summed E-state index contributed by atoms with van der Waals surface area (Å²) in [5.41, 5.74) is 7.51. The standard InChI is InChI=1S/C22H28Cl2N6O2/c1-12(2)26-7-5-6-8-27-21-20-13(11-28-22(25)30-20)9-14(29-21)17-18(23)15(31-3)10-16(32-4)19(17)24/h9-12,26H,5-8H2,1-4H3,(H,27,29)(H2,25,28,30). The number of nitrogens with two attached hydrogens (primary N) is 1. The number of ether oxygens (including phenoxy) is 2. The lowest BCUT2D eigenvalue weighted by Gasteiger charge is -2.16.